The van der Waals surface area contributed by atoms with Gasteiger partial charge in [-0.3, -0.25) is 19.7 Å². The first-order valence-electron chi connectivity index (χ1n) is 6.03. The molecule has 0 aliphatic rings. The molecule has 0 aliphatic carbocycles. The van der Waals surface area contributed by atoms with Gasteiger partial charge < -0.3 is 9.30 Å². The predicted molar refractivity (Wildman–Crippen MR) is 74.7 cm³/mol. The number of benzene rings is 1. The fourth-order valence-electron chi connectivity index (χ4n) is 1.78. The van der Waals surface area contributed by atoms with Crippen molar-refractivity contribution in [3.05, 3.63) is 68.6 Å². The first-order chi connectivity index (χ1) is 10.0. The molecule has 108 valence electrons. The summed E-state index contributed by atoms with van der Waals surface area (Å²) in [6, 6.07) is 7.60. The molecule has 2 rings (SSSR count). The SMILES string of the molecule is COc1ccc(C(=O)Cn2ccc(=O)c([N+](=O)[O-])c2)cc1. The maximum atomic E-state index is 12.1. The zero-order chi connectivity index (χ0) is 15.4. The highest BCUT2D eigenvalue weighted by atomic mass is 16.6. The lowest BCUT2D eigenvalue weighted by Crippen LogP contribution is -2.15. The number of rotatable bonds is 5. The Hall–Kier alpha value is -2.96. The third-order valence-electron chi connectivity index (χ3n) is 2.89. The van der Waals surface area contributed by atoms with E-state index in [2.05, 4.69) is 0 Å². The fraction of sp³-hybridized carbons (Fsp3) is 0.143. The molecular formula is C14H12N2O5. The second-order valence-corrected chi connectivity index (χ2v) is 4.28. The van der Waals surface area contributed by atoms with Gasteiger partial charge in [-0.25, -0.2) is 0 Å². The Morgan fingerprint density at radius 1 is 1.29 bits per heavy atom. The molecule has 1 aromatic carbocycles. The summed E-state index contributed by atoms with van der Waals surface area (Å²) in [4.78, 5) is 33.3. The molecule has 1 aromatic heterocycles. The molecule has 1 heterocycles. The zero-order valence-electron chi connectivity index (χ0n) is 11.2. The number of carbonyl (C=O) groups excluding carboxylic acids is 1. The van der Waals surface area contributed by atoms with Crippen LogP contribution in [0.4, 0.5) is 5.69 Å². The van der Waals surface area contributed by atoms with Crippen molar-refractivity contribution in [2.75, 3.05) is 7.11 Å². The van der Waals surface area contributed by atoms with E-state index in [9.17, 15) is 19.7 Å². The number of ketones is 1. The molecular weight excluding hydrogens is 276 g/mol. The summed E-state index contributed by atoms with van der Waals surface area (Å²) in [5.41, 5.74) is -0.787. The van der Waals surface area contributed by atoms with E-state index in [0.717, 1.165) is 12.3 Å². The third-order valence-corrected chi connectivity index (χ3v) is 2.89. The number of pyridine rings is 1. The van der Waals surface area contributed by atoms with Gasteiger partial charge in [0.1, 0.15) is 5.75 Å². The minimum absolute atomic E-state index is 0.0898. The van der Waals surface area contributed by atoms with Gasteiger partial charge in [-0.2, -0.15) is 0 Å². The van der Waals surface area contributed by atoms with Crippen LogP contribution in [0, 0.1) is 10.1 Å². The molecule has 0 radical (unpaired) electrons. The number of aromatic nitrogens is 1. The van der Waals surface area contributed by atoms with Crippen LogP contribution in [0.5, 0.6) is 5.75 Å². The molecule has 0 saturated carbocycles. The molecule has 7 heteroatoms. The molecule has 0 fully saturated rings. The van der Waals surface area contributed by atoms with Crippen LogP contribution in [-0.4, -0.2) is 22.4 Å². The van der Waals surface area contributed by atoms with E-state index >= 15 is 0 Å². The summed E-state index contributed by atoms with van der Waals surface area (Å²) in [5.74, 6) is 0.404. The van der Waals surface area contributed by atoms with E-state index in [1.807, 2.05) is 0 Å². The Kier molecular flexibility index (Phi) is 4.13. The van der Waals surface area contributed by atoms with Gasteiger partial charge >= 0.3 is 5.69 Å². The largest absolute Gasteiger partial charge is 0.497 e. The molecule has 0 unspecified atom stereocenters. The van der Waals surface area contributed by atoms with E-state index in [-0.39, 0.29) is 12.3 Å². The molecule has 7 nitrogen and oxygen atoms in total. The molecule has 0 saturated heterocycles. The minimum Gasteiger partial charge on any atom is -0.497 e. The molecule has 0 spiro atoms. The highest BCUT2D eigenvalue weighted by molar-refractivity contribution is 5.96. The van der Waals surface area contributed by atoms with E-state index in [1.54, 1.807) is 24.3 Å². The van der Waals surface area contributed by atoms with Crippen molar-refractivity contribution in [2.45, 2.75) is 6.54 Å². The number of ether oxygens (including phenoxy) is 1. The van der Waals surface area contributed by atoms with E-state index < -0.39 is 16.0 Å². The Morgan fingerprint density at radius 2 is 1.95 bits per heavy atom. The summed E-state index contributed by atoms with van der Waals surface area (Å²) in [6.45, 7) is -0.0898. The summed E-state index contributed by atoms with van der Waals surface area (Å²) in [5, 5.41) is 10.7. The van der Waals surface area contributed by atoms with Crippen LogP contribution in [0.3, 0.4) is 0 Å². The standard InChI is InChI=1S/C14H12N2O5/c1-21-11-4-2-10(3-5-11)14(18)9-15-7-6-13(17)12(8-15)16(19)20/h2-8H,9H2,1H3. The first kappa shape index (κ1) is 14.4. The molecule has 0 atom stereocenters. The van der Waals surface area contributed by atoms with Gasteiger partial charge in [0.15, 0.2) is 5.78 Å². The van der Waals surface area contributed by atoms with Crippen LogP contribution in [0.25, 0.3) is 0 Å². The van der Waals surface area contributed by atoms with Crippen molar-refractivity contribution in [2.24, 2.45) is 0 Å². The lowest BCUT2D eigenvalue weighted by Gasteiger charge is -2.06. The topological polar surface area (TPSA) is 91.4 Å². The van der Waals surface area contributed by atoms with Crippen LogP contribution in [0.1, 0.15) is 10.4 Å². The average molecular weight is 288 g/mol. The highest BCUT2D eigenvalue weighted by Crippen LogP contribution is 2.12. The van der Waals surface area contributed by atoms with Gasteiger partial charge in [-0.05, 0) is 24.3 Å². The molecule has 21 heavy (non-hydrogen) atoms. The number of methoxy groups -OCH3 is 1. The maximum absolute atomic E-state index is 12.1. The summed E-state index contributed by atoms with van der Waals surface area (Å²) in [7, 11) is 1.52. The maximum Gasteiger partial charge on any atom is 0.332 e. The monoisotopic (exact) mass is 288 g/mol. The van der Waals surface area contributed by atoms with Crippen molar-refractivity contribution in [1.82, 2.24) is 4.57 Å². The van der Waals surface area contributed by atoms with E-state index in [1.165, 1.54) is 17.9 Å². The quantitative estimate of drug-likeness (QED) is 0.474. The molecule has 0 amide bonds. The lowest BCUT2D eigenvalue weighted by molar-refractivity contribution is -0.386. The lowest BCUT2D eigenvalue weighted by atomic mass is 10.1. The number of Topliss-reactive ketones (excluding diaryl/α,β-unsaturated/α-hetero) is 1. The van der Waals surface area contributed by atoms with Gasteiger partial charge in [0.25, 0.3) is 5.43 Å². The smallest absolute Gasteiger partial charge is 0.332 e. The average Bonchev–Trinajstić information content (AvgIpc) is 2.49. The van der Waals surface area contributed by atoms with Crippen molar-refractivity contribution >= 4 is 11.5 Å². The van der Waals surface area contributed by atoms with Crippen LogP contribution < -0.4 is 10.2 Å². The second-order valence-electron chi connectivity index (χ2n) is 4.28. The summed E-state index contributed by atoms with van der Waals surface area (Å²) < 4.78 is 6.31. The normalized spacial score (nSPS) is 10.1. The van der Waals surface area contributed by atoms with Gasteiger partial charge in [-0.15, -0.1) is 0 Å². The fourth-order valence-corrected chi connectivity index (χ4v) is 1.78. The highest BCUT2D eigenvalue weighted by Gasteiger charge is 2.13. The number of nitro groups is 1. The molecule has 2 aromatic rings. The number of hydrogen-bond donors (Lipinski definition) is 0. The Bertz CT molecular complexity index is 734. The van der Waals surface area contributed by atoms with Gasteiger partial charge in [0.2, 0.25) is 0 Å². The van der Waals surface area contributed by atoms with Crippen LogP contribution in [0.2, 0.25) is 0 Å². The minimum atomic E-state index is -0.767. The Labute approximate surface area is 119 Å². The zero-order valence-corrected chi connectivity index (χ0v) is 11.2. The first-order valence-corrected chi connectivity index (χ1v) is 6.03. The summed E-state index contributed by atoms with van der Waals surface area (Å²) in [6.07, 6.45) is 2.40. The van der Waals surface area contributed by atoms with Crippen LogP contribution >= 0.6 is 0 Å². The van der Waals surface area contributed by atoms with Gasteiger partial charge in [-0.1, -0.05) is 0 Å². The molecule has 0 bridgehead atoms. The van der Waals surface area contributed by atoms with E-state index in [0.29, 0.717) is 11.3 Å². The number of hydrogen-bond acceptors (Lipinski definition) is 5. The Balaban J connectivity index is 2.21. The summed E-state index contributed by atoms with van der Waals surface area (Å²) >= 11 is 0. The van der Waals surface area contributed by atoms with E-state index in [4.69, 9.17) is 4.74 Å². The molecule has 0 aliphatic heterocycles. The van der Waals surface area contributed by atoms with Crippen molar-refractivity contribution < 1.29 is 14.5 Å². The molecule has 0 N–H and O–H groups in total. The Morgan fingerprint density at radius 3 is 2.52 bits per heavy atom. The van der Waals surface area contributed by atoms with Crippen molar-refractivity contribution in [3.63, 3.8) is 0 Å². The van der Waals surface area contributed by atoms with Gasteiger partial charge in [0, 0.05) is 17.8 Å². The predicted octanol–water partition coefficient (Wildman–Crippen LogP) is 1.65. The number of nitrogens with zero attached hydrogens (tertiary/aromatic N) is 2. The number of carbonyl (C=O) groups is 1. The second kappa shape index (κ2) is 6.00. The van der Waals surface area contributed by atoms with Crippen LogP contribution in [-0.2, 0) is 6.54 Å². The van der Waals surface area contributed by atoms with Crippen molar-refractivity contribution in [1.29, 1.82) is 0 Å². The van der Waals surface area contributed by atoms with Crippen LogP contribution in [0.15, 0.2) is 47.5 Å². The van der Waals surface area contributed by atoms with Crippen molar-refractivity contribution in [3.8, 4) is 5.75 Å². The van der Waals surface area contributed by atoms with Gasteiger partial charge in [0.05, 0.1) is 24.8 Å². The third kappa shape index (κ3) is 3.33.